The van der Waals surface area contributed by atoms with Crippen LogP contribution in [0.3, 0.4) is 0 Å². The van der Waals surface area contributed by atoms with Gasteiger partial charge in [-0.2, -0.15) is 13.2 Å². The number of anilines is 2. The number of alkyl halides is 3. The number of nitrogens with one attached hydrogen (secondary N) is 1. The highest BCUT2D eigenvalue weighted by atomic mass is 35.5. The van der Waals surface area contributed by atoms with Crippen LogP contribution in [0.2, 0.25) is 5.02 Å². The van der Waals surface area contributed by atoms with Gasteiger partial charge >= 0.3 is 6.18 Å². The molecule has 3 aromatic heterocycles. The Hall–Kier alpha value is -3.20. The molecule has 0 amide bonds. The Labute approximate surface area is 160 Å². The molecule has 10 heteroatoms. The van der Waals surface area contributed by atoms with Gasteiger partial charge in [-0.05, 0) is 36.4 Å². The maximum absolute atomic E-state index is 13.6. The third-order valence-corrected chi connectivity index (χ3v) is 4.10. The molecule has 0 aliphatic rings. The van der Waals surface area contributed by atoms with Crippen molar-refractivity contribution >= 4 is 28.8 Å². The zero-order chi connectivity index (χ0) is 19.9. The summed E-state index contributed by atoms with van der Waals surface area (Å²) in [5.41, 5.74) is -1.10. The highest BCUT2D eigenvalue weighted by molar-refractivity contribution is 6.30. The van der Waals surface area contributed by atoms with Gasteiger partial charge in [0.2, 0.25) is 0 Å². The number of aromatic nitrogens is 4. The van der Waals surface area contributed by atoms with E-state index in [0.29, 0.717) is 10.7 Å². The fraction of sp³-hybridized carbons (Fsp3) is 0.0556. The van der Waals surface area contributed by atoms with Gasteiger partial charge in [-0.15, -0.1) is 0 Å². The number of pyridine rings is 1. The van der Waals surface area contributed by atoms with Crippen LogP contribution in [0, 0.1) is 5.82 Å². The number of rotatable bonds is 3. The van der Waals surface area contributed by atoms with E-state index in [2.05, 4.69) is 20.3 Å². The average Bonchev–Trinajstić information content (AvgIpc) is 3.03. The second-order valence-corrected chi connectivity index (χ2v) is 6.24. The van der Waals surface area contributed by atoms with Gasteiger partial charge < -0.3 is 5.32 Å². The largest absolute Gasteiger partial charge is 0.435 e. The minimum absolute atomic E-state index is 0.0541. The van der Waals surface area contributed by atoms with Crippen LogP contribution >= 0.6 is 11.6 Å². The highest BCUT2D eigenvalue weighted by Crippen LogP contribution is 2.36. The molecule has 28 heavy (non-hydrogen) atoms. The van der Waals surface area contributed by atoms with E-state index in [-0.39, 0.29) is 17.2 Å². The first-order valence-electron chi connectivity index (χ1n) is 7.91. The van der Waals surface area contributed by atoms with Gasteiger partial charge in [0.15, 0.2) is 5.69 Å². The molecule has 0 aliphatic heterocycles. The average molecular weight is 408 g/mol. The first-order valence-corrected chi connectivity index (χ1v) is 8.29. The van der Waals surface area contributed by atoms with Crippen molar-refractivity contribution in [3.63, 3.8) is 0 Å². The van der Waals surface area contributed by atoms with E-state index in [4.69, 9.17) is 11.6 Å². The van der Waals surface area contributed by atoms with Crippen molar-refractivity contribution in [1.29, 1.82) is 0 Å². The van der Waals surface area contributed by atoms with Crippen molar-refractivity contribution in [2.45, 2.75) is 6.18 Å². The lowest BCUT2D eigenvalue weighted by molar-refractivity contribution is -0.140. The summed E-state index contributed by atoms with van der Waals surface area (Å²) >= 11 is 5.83. The quantitative estimate of drug-likeness (QED) is 0.465. The lowest BCUT2D eigenvalue weighted by Crippen LogP contribution is -2.09. The van der Waals surface area contributed by atoms with Gasteiger partial charge in [0, 0.05) is 16.9 Å². The Kier molecular flexibility index (Phi) is 4.38. The van der Waals surface area contributed by atoms with Crippen LogP contribution in [0.25, 0.3) is 17.0 Å². The Morgan fingerprint density at radius 3 is 2.43 bits per heavy atom. The van der Waals surface area contributed by atoms with Crippen molar-refractivity contribution in [3.05, 3.63) is 71.5 Å². The number of nitrogens with zero attached hydrogens (tertiary/aromatic N) is 4. The van der Waals surface area contributed by atoms with Crippen LogP contribution in [-0.4, -0.2) is 19.4 Å². The molecule has 0 saturated carbocycles. The first kappa shape index (κ1) is 18.2. The van der Waals surface area contributed by atoms with E-state index in [1.165, 1.54) is 6.20 Å². The van der Waals surface area contributed by atoms with E-state index in [0.717, 1.165) is 28.9 Å². The number of fused-ring (bicyclic) bond motifs is 1. The summed E-state index contributed by atoms with van der Waals surface area (Å²) in [6, 6.07) is 8.86. The Morgan fingerprint density at radius 2 is 1.71 bits per heavy atom. The number of hydrogen-bond donors (Lipinski definition) is 1. The summed E-state index contributed by atoms with van der Waals surface area (Å²) in [7, 11) is 0. The number of halogens is 5. The summed E-state index contributed by atoms with van der Waals surface area (Å²) < 4.78 is 55.2. The van der Waals surface area contributed by atoms with Gasteiger partial charge in [-0.1, -0.05) is 11.6 Å². The zero-order valence-electron chi connectivity index (χ0n) is 13.9. The Morgan fingerprint density at radius 1 is 0.964 bits per heavy atom. The van der Waals surface area contributed by atoms with Crippen molar-refractivity contribution in [2.75, 3.05) is 5.32 Å². The topological polar surface area (TPSA) is 55.1 Å². The van der Waals surface area contributed by atoms with Gasteiger partial charge in [0.25, 0.3) is 0 Å². The van der Waals surface area contributed by atoms with Gasteiger partial charge in [-0.25, -0.2) is 14.4 Å². The molecule has 0 spiro atoms. The van der Waals surface area contributed by atoms with Crippen LogP contribution in [0.1, 0.15) is 5.69 Å². The van der Waals surface area contributed by atoms with Gasteiger partial charge in [0.1, 0.15) is 28.7 Å². The molecule has 142 valence electrons. The molecule has 0 fully saturated rings. The lowest BCUT2D eigenvalue weighted by atomic mass is 10.2. The predicted octanol–water partition coefficient (Wildman–Crippen LogP) is 5.35. The normalized spacial score (nSPS) is 11.8. The minimum atomic E-state index is -4.75. The second-order valence-electron chi connectivity index (χ2n) is 5.80. The van der Waals surface area contributed by atoms with Crippen molar-refractivity contribution < 1.29 is 17.6 Å². The number of imidazole rings is 1. The molecule has 0 atom stereocenters. The highest BCUT2D eigenvalue weighted by Gasteiger charge is 2.39. The summed E-state index contributed by atoms with van der Waals surface area (Å²) in [4.78, 5) is 11.7. The lowest BCUT2D eigenvalue weighted by Gasteiger charge is -2.10. The molecule has 0 radical (unpaired) electrons. The molecule has 1 N–H and O–H groups in total. The third kappa shape index (κ3) is 3.48. The molecular formula is C18H10ClF4N5. The third-order valence-electron chi connectivity index (χ3n) is 3.84. The van der Waals surface area contributed by atoms with Crippen molar-refractivity contribution in [3.8, 4) is 11.4 Å². The van der Waals surface area contributed by atoms with E-state index < -0.39 is 23.4 Å². The van der Waals surface area contributed by atoms with Crippen LogP contribution in [0.15, 0.2) is 55.0 Å². The molecule has 4 rings (SSSR count). The standard InChI is InChI=1S/C18H10ClF4N5/c19-10-1-4-12(5-2-10)25-14-8-24-7-13(26-14)16-17(18(21,22)23)27-15-6-3-11(20)9-28(15)16/h1-9H,(H,25,26). The van der Waals surface area contributed by atoms with Gasteiger partial charge in [0.05, 0.1) is 12.4 Å². The molecular weight excluding hydrogens is 398 g/mol. The first-order chi connectivity index (χ1) is 13.3. The van der Waals surface area contributed by atoms with Crippen molar-refractivity contribution in [1.82, 2.24) is 19.4 Å². The summed E-state index contributed by atoms with van der Waals surface area (Å²) in [5, 5.41) is 3.47. The molecule has 5 nitrogen and oxygen atoms in total. The number of benzene rings is 1. The monoisotopic (exact) mass is 407 g/mol. The van der Waals surface area contributed by atoms with Gasteiger partial charge in [-0.3, -0.25) is 9.38 Å². The maximum Gasteiger partial charge on any atom is 0.435 e. The van der Waals surface area contributed by atoms with Crippen LogP contribution in [0.5, 0.6) is 0 Å². The fourth-order valence-corrected chi connectivity index (χ4v) is 2.81. The minimum Gasteiger partial charge on any atom is -0.339 e. The molecule has 1 aromatic carbocycles. The second kappa shape index (κ2) is 6.75. The smallest absolute Gasteiger partial charge is 0.339 e. The van der Waals surface area contributed by atoms with Crippen LogP contribution in [0.4, 0.5) is 29.1 Å². The summed E-state index contributed by atoms with van der Waals surface area (Å²) in [5.74, 6) is -0.498. The van der Waals surface area contributed by atoms with E-state index in [9.17, 15) is 17.6 Å². The van der Waals surface area contributed by atoms with Crippen LogP contribution in [-0.2, 0) is 6.18 Å². The maximum atomic E-state index is 13.6. The Balaban J connectivity index is 1.83. The zero-order valence-corrected chi connectivity index (χ0v) is 14.6. The molecule has 3 heterocycles. The molecule has 0 saturated heterocycles. The van der Waals surface area contributed by atoms with E-state index >= 15 is 0 Å². The fourth-order valence-electron chi connectivity index (χ4n) is 2.68. The Bertz CT molecular complexity index is 1160. The van der Waals surface area contributed by atoms with Crippen LogP contribution < -0.4 is 5.32 Å². The van der Waals surface area contributed by atoms with Crippen molar-refractivity contribution in [2.24, 2.45) is 0 Å². The van der Waals surface area contributed by atoms with E-state index in [1.807, 2.05) is 0 Å². The predicted molar refractivity (Wildman–Crippen MR) is 95.9 cm³/mol. The number of hydrogen-bond acceptors (Lipinski definition) is 4. The van der Waals surface area contributed by atoms with E-state index in [1.54, 1.807) is 24.3 Å². The SMILES string of the molecule is Fc1ccc2nc(C(F)(F)F)c(-c3cncc(Nc4ccc(Cl)cc4)n3)n2c1. The molecule has 0 bridgehead atoms. The molecule has 0 unspecified atom stereocenters. The summed E-state index contributed by atoms with van der Waals surface area (Å²) in [6.45, 7) is 0. The summed E-state index contributed by atoms with van der Waals surface area (Å²) in [6.07, 6.45) is -1.31. The molecule has 0 aliphatic carbocycles. The molecule has 4 aromatic rings.